The molecule has 0 bridgehead atoms. The largest absolute Gasteiger partial charge is 0.378 e. The van der Waals surface area contributed by atoms with Crippen molar-refractivity contribution in [1.82, 2.24) is 5.16 Å². The number of nitrogens with one attached hydrogen (secondary N) is 1. The first-order valence-corrected chi connectivity index (χ1v) is 13.2. The summed E-state index contributed by atoms with van der Waals surface area (Å²) in [7, 11) is 0. The molecule has 4 aromatic rings. The van der Waals surface area contributed by atoms with Crippen LogP contribution in [0.5, 0.6) is 0 Å². The van der Waals surface area contributed by atoms with Gasteiger partial charge in [-0.2, -0.15) is 0 Å². The van der Waals surface area contributed by atoms with Gasteiger partial charge in [0.15, 0.2) is 5.76 Å². The molecular formula is C33H36N2O2. The molecule has 0 saturated heterocycles. The molecular weight excluding hydrogens is 456 g/mol. The fourth-order valence-electron chi connectivity index (χ4n) is 5.56. The van der Waals surface area contributed by atoms with Gasteiger partial charge < -0.3 is 14.6 Å². The average Bonchev–Trinajstić information content (AvgIpc) is 3.61. The summed E-state index contributed by atoms with van der Waals surface area (Å²) in [5.74, 6) is 0.772. The summed E-state index contributed by atoms with van der Waals surface area (Å²) < 4.78 is 5.78. The van der Waals surface area contributed by atoms with Crippen molar-refractivity contribution in [3.8, 4) is 22.5 Å². The summed E-state index contributed by atoms with van der Waals surface area (Å²) in [6.45, 7) is 8.78. The summed E-state index contributed by atoms with van der Waals surface area (Å²) in [5, 5.41) is 7.96. The number of nitrogens with zero attached hydrogens (tertiary/aromatic N) is 1. The highest BCUT2D eigenvalue weighted by Crippen LogP contribution is 2.50. The van der Waals surface area contributed by atoms with E-state index in [4.69, 9.17) is 4.52 Å². The van der Waals surface area contributed by atoms with Crippen molar-refractivity contribution in [1.29, 1.82) is 0 Å². The monoisotopic (exact) mass is 492 g/mol. The number of carbonyl (C=O) groups is 1. The maximum absolute atomic E-state index is 11.1. The Labute approximate surface area is 220 Å². The van der Waals surface area contributed by atoms with E-state index < -0.39 is 0 Å². The van der Waals surface area contributed by atoms with Gasteiger partial charge in [-0.1, -0.05) is 97.9 Å². The Kier molecular flexibility index (Phi) is 6.76. The molecule has 1 aliphatic rings. The van der Waals surface area contributed by atoms with Gasteiger partial charge in [0, 0.05) is 23.4 Å². The molecule has 1 atom stereocenters. The van der Waals surface area contributed by atoms with E-state index in [0.717, 1.165) is 53.8 Å². The lowest BCUT2D eigenvalue weighted by Gasteiger charge is -2.29. The number of aryl methyl sites for hydroxylation is 1. The zero-order chi connectivity index (χ0) is 26.0. The highest BCUT2D eigenvalue weighted by atomic mass is 16.5. The molecule has 1 saturated carbocycles. The first kappa shape index (κ1) is 25.0. The quantitative estimate of drug-likeness (QED) is 0.227. The van der Waals surface area contributed by atoms with Gasteiger partial charge in [0.25, 0.3) is 0 Å². The highest BCUT2D eigenvalue weighted by molar-refractivity contribution is 5.77. The molecule has 0 aliphatic heterocycles. The fourth-order valence-corrected chi connectivity index (χ4v) is 5.56. The number of aromatic nitrogens is 1. The van der Waals surface area contributed by atoms with Crippen LogP contribution in [0, 0.1) is 6.92 Å². The Balaban J connectivity index is 1.30. The summed E-state index contributed by atoms with van der Waals surface area (Å²) in [6.07, 6.45) is 4.86. The van der Waals surface area contributed by atoms with Gasteiger partial charge in [0.05, 0.1) is 0 Å². The zero-order valence-corrected chi connectivity index (χ0v) is 22.3. The van der Waals surface area contributed by atoms with Crippen LogP contribution in [0.1, 0.15) is 63.3 Å². The number of hydrogen-bond donors (Lipinski definition) is 1. The van der Waals surface area contributed by atoms with Gasteiger partial charge in [-0.25, -0.2) is 0 Å². The first-order valence-electron chi connectivity index (χ1n) is 13.2. The number of aldehydes is 1. The highest BCUT2D eigenvalue weighted by Gasteiger charge is 2.43. The van der Waals surface area contributed by atoms with Crippen LogP contribution in [0.15, 0.2) is 83.4 Å². The maximum Gasteiger partial charge on any atom is 0.190 e. The Morgan fingerprint density at radius 1 is 0.946 bits per heavy atom. The van der Waals surface area contributed by atoms with Gasteiger partial charge in [0.2, 0.25) is 0 Å². The summed E-state index contributed by atoms with van der Waals surface area (Å²) in [5.41, 5.74) is 7.89. The molecule has 3 aromatic carbocycles. The van der Waals surface area contributed by atoms with Gasteiger partial charge in [0.1, 0.15) is 17.7 Å². The third kappa shape index (κ3) is 5.24. The third-order valence-corrected chi connectivity index (χ3v) is 7.93. The minimum absolute atomic E-state index is 0.0441. The molecule has 0 amide bonds. The summed E-state index contributed by atoms with van der Waals surface area (Å²) in [6, 6.07) is 28.1. The van der Waals surface area contributed by atoms with Crippen molar-refractivity contribution in [2.45, 2.75) is 70.3 Å². The van der Waals surface area contributed by atoms with E-state index in [-0.39, 0.29) is 16.9 Å². The van der Waals surface area contributed by atoms with Crippen LogP contribution in [-0.4, -0.2) is 17.5 Å². The lowest BCUT2D eigenvalue weighted by Crippen LogP contribution is -2.28. The topological polar surface area (TPSA) is 55.1 Å². The van der Waals surface area contributed by atoms with Crippen LogP contribution in [0.25, 0.3) is 22.5 Å². The molecule has 4 heteroatoms. The molecule has 1 N–H and O–H groups in total. The molecule has 4 nitrogen and oxygen atoms in total. The standard InChI is InChI=1S/C33H36N2O2/c1-23(22-32(3,4)28-8-6-5-7-9-28)34-30-24(2)35-37-31(30)27-12-10-25(11-13-27)26-14-16-29(17-15-26)33(18-19-33)20-21-36/h5-17,21,23,34H,18-20,22H2,1-4H3. The van der Waals surface area contributed by atoms with E-state index in [1.165, 1.54) is 16.7 Å². The molecule has 5 rings (SSSR count). The molecule has 0 spiro atoms. The number of anilines is 1. The number of rotatable bonds is 10. The van der Waals surface area contributed by atoms with Crippen molar-refractivity contribution >= 4 is 12.0 Å². The lowest BCUT2D eigenvalue weighted by atomic mass is 9.79. The van der Waals surface area contributed by atoms with Crippen LogP contribution in [0.3, 0.4) is 0 Å². The van der Waals surface area contributed by atoms with Crippen LogP contribution >= 0.6 is 0 Å². The molecule has 1 fully saturated rings. The fraction of sp³-hybridized carbons (Fsp3) is 0.333. The van der Waals surface area contributed by atoms with E-state index in [2.05, 4.69) is 110 Å². The van der Waals surface area contributed by atoms with Crippen LogP contribution in [-0.2, 0) is 15.6 Å². The van der Waals surface area contributed by atoms with E-state index >= 15 is 0 Å². The zero-order valence-electron chi connectivity index (χ0n) is 22.3. The number of benzene rings is 3. The van der Waals surface area contributed by atoms with Gasteiger partial charge >= 0.3 is 0 Å². The summed E-state index contributed by atoms with van der Waals surface area (Å²) >= 11 is 0. The van der Waals surface area contributed by atoms with E-state index in [9.17, 15) is 4.79 Å². The van der Waals surface area contributed by atoms with E-state index in [1.54, 1.807) is 0 Å². The van der Waals surface area contributed by atoms with Crippen molar-refractivity contribution < 1.29 is 9.32 Å². The summed E-state index contributed by atoms with van der Waals surface area (Å²) in [4.78, 5) is 11.1. The Hall–Kier alpha value is -3.66. The second kappa shape index (κ2) is 10.0. The van der Waals surface area contributed by atoms with Crippen molar-refractivity contribution in [3.63, 3.8) is 0 Å². The van der Waals surface area contributed by atoms with Crippen LogP contribution < -0.4 is 5.32 Å². The van der Waals surface area contributed by atoms with Crippen LogP contribution in [0.4, 0.5) is 5.69 Å². The normalized spacial score (nSPS) is 15.2. The van der Waals surface area contributed by atoms with E-state index in [1.807, 2.05) is 6.92 Å². The molecule has 190 valence electrons. The molecule has 1 unspecified atom stereocenters. The van der Waals surface area contributed by atoms with Crippen LogP contribution in [0.2, 0.25) is 0 Å². The Morgan fingerprint density at radius 3 is 2.14 bits per heavy atom. The maximum atomic E-state index is 11.1. The van der Waals surface area contributed by atoms with Gasteiger partial charge in [-0.3, -0.25) is 0 Å². The Bertz CT molecular complexity index is 1350. The minimum Gasteiger partial charge on any atom is -0.378 e. The second-order valence-electron chi connectivity index (χ2n) is 11.3. The number of carbonyl (C=O) groups excluding carboxylic acids is 1. The number of hydrogen-bond acceptors (Lipinski definition) is 4. The minimum atomic E-state index is 0.0441. The molecule has 1 aliphatic carbocycles. The third-order valence-electron chi connectivity index (χ3n) is 7.93. The average molecular weight is 493 g/mol. The second-order valence-corrected chi connectivity index (χ2v) is 11.3. The Morgan fingerprint density at radius 2 is 1.54 bits per heavy atom. The van der Waals surface area contributed by atoms with Gasteiger partial charge in [-0.05, 0) is 60.8 Å². The smallest absolute Gasteiger partial charge is 0.190 e. The van der Waals surface area contributed by atoms with Crippen molar-refractivity contribution in [3.05, 3.63) is 95.7 Å². The molecule has 37 heavy (non-hydrogen) atoms. The van der Waals surface area contributed by atoms with Crippen molar-refractivity contribution in [2.24, 2.45) is 0 Å². The van der Waals surface area contributed by atoms with Gasteiger partial charge in [-0.15, -0.1) is 0 Å². The van der Waals surface area contributed by atoms with E-state index in [0.29, 0.717) is 6.42 Å². The van der Waals surface area contributed by atoms with Crippen molar-refractivity contribution in [2.75, 3.05) is 5.32 Å². The molecule has 1 aromatic heterocycles. The molecule has 0 radical (unpaired) electrons. The molecule has 1 heterocycles. The first-order chi connectivity index (χ1) is 17.8. The lowest BCUT2D eigenvalue weighted by molar-refractivity contribution is -0.108. The predicted octanol–water partition coefficient (Wildman–Crippen LogP) is 8.11. The SMILES string of the molecule is Cc1noc(-c2ccc(-c3ccc(C4(CC=O)CC4)cc3)cc2)c1NC(C)CC(C)(C)c1ccccc1. The predicted molar refractivity (Wildman–Crippen MR) is 151 cm³/mol.